The number of nitrogens with zero attached hydrogens (tertiary/aromatic N) is 1. The van der Waals surface area contributed by atoms with Crippen LogP contribution in [0, 0.1) is 10.1 Å². The van der Waals surface area contributed by atoms with Gasteiger partial charge in [-0.1, -0.05) is 18.2 Å². The van der Waals surface area contributed by atoms with Gasteiger partial charge in [0.1, 0.15) is 11.8 Å². The average molecular weight is 485 g/mol. The molecule has 0 aromatic heterocycles. The number of hydrogen-bond donors (Lipinski definition) is 2. The van der Waals surface area contributed by atoms with Crippen LogP contribution in [0.2, 0.25) is 0 Å². The molecule has 0 spiro atoms. The number of carbonyl (C=O) groups is 2. The molecule has 0 saturated carbocycles. The summed E-state index contributed by atoms with van der Waals surface area (Å²) in [6, 6.07) is 10.1. The fraction of sp³-hybridized carbons (Fsp3) is 0.333. The van der Waals surface area contributed by atoms with Crippen LogP contribution in [0.15, 0.2) is 48.5 Å². The second kappa shape index (κ2) is 12.1. The minimum absolute atomic E-state index is 0.00446. The van der Waals surface area contributed by atoms with E-state index in [0.29, 0.717) is 17.7 Å². The van der Waals surface area contributed by atoms with Gasteiger partial charge in [0.15, 0.2) is 6.61 Å². The van der Waals surface area contributed by atoms with Crippen LogP contribution >= 0.6 is 11.8 Å². The number of rotatable bonds is 11. The number of halogens is 3. The minimum Gasteiger partial charge on any atom is -0.484 e. The van der Waals surface area contributed by atoms with E-state index in [4.69, 9.17) is 4.74 Å². The van der Waals surface area contributed by atoms with E-state index in [2.05, 4.69) is 10.6 Å². The molecule has 1 unspecified atom stereocenters. The second-order valence-electron chi connectivity index (χ2n) is 6.88. The summed E-state index contributed by atoms with van der Waals surface area (Å²) in [7, 11) is 0. The molecule has 8 nitrogen and oxygen atoms in total. The molecule has 2 aromatic rings. The summed E-state index contributed by atoms with van der Waals surface area (Å²) in [6.45, 7) is -1.42. The minimum atomic E-state index is -4.47. The summed E-state index contributed by atoms with van der Waals surface area (Å²) in [4.78, 5) is 35.5. The first-order valence-electron chi connectivity index (χ1n) is 9.69. The van der Waals surface area contributed by atoms with Crippen molar-refractivity contribution in [2.24, 2.45) is 0 Å². The Balaban J connectivity index is 2.02. The lowest BCUT2D eigenvalue weighted by Crippen LogP contribution is -2.46. The number of nitrogens with one attached hydrogen (secondary N) is 2. The van der Waals surface area contributed by atoms with Crippen molar-refractivity contribution in [3.63, 3.8) is 0 Å². The zero-order valence-corrected chi connectivity index (χ0v) is 18.4. The molecule has 0 fully saturated rings. The largest absolute Gasteiger partial charge is 0.484 e. The first-order valence-corrected chi connectivity index (χ1v) is 11.1. The quantitative estimate of drug-likeness (QED) is 0.371. The van der Waals surface area contributed by atoms with Crippen LogP contribution in [-0.4, -0.2) is 47.6 Å². The first-order chi connectivity index (χ1) is 15.6. The molecule has 12 heteroatoms. The van der Waals surface area contributed by atoms with Gasteiger partial charge in [-0.3, -0.25) is 19.7 Å². The van der Waals surface area contributed by atoms with Gasteiger partial charge in [-0.2, -0.15) is 24.9 Å². The molecule has 0 aliphatic carbocycles. The zero-order chi connectivity index (χ0) is 24.4. The van der Waals surface area contributed by atoms with Crippen LogP contribution < -0.4 is 15.4 Å². The third-order valence-corrected chi connectivity index (χ3v) is 4.96. The highest BCUT2D eigenvalue weighted by Crippen LogP contribution is 2.19. The number of nitro groups is 1. The number of ether oxygens (including phenoxy) is 1. The van der Waals surface area contributed by atoms with Crippen molar-refractivity contribution in [3.05, 3.63) is 69.8 Å². The van der Waals surface area contributed by atoms with E-state index in [1.807, 2.05) is 6.26 Å². The lowest BCUT2D eigenvalue weighted by atomic mass is 10.1. The van der Waals surface area contributed by atoms with Crippen LogP contribution in [-0.2, 0) is 11.3 Å². The van der Waals surface area contributed by atoms with E-state index in [1.54, 1.807) is 6.07 Å². The Morgan fingerprint density at radius 2 is 1.91 bits per heavy atom. The van der Waals surface area contributed by atoms with Crippen molar-refractivity contribution < 1.29 is 32.4 Å². The lowest BCUT2D eigenvalue weighted by molar-refractivity contribution is -0.384. The standard InChI is InChI=1S/C21H22F3N3O5S/c1-33-9-8-18(26-19(28)15-5-3-6-16(11-15)27(30)31)20(29)25-12-14-4-2-7-17(10-14)32-13-21(22,23)24/h2-7,10-11,18H,8-9,12-13H2,1H3,(H,25,29)(H,26,28). The molecular weight excluding hydrogens is 463 g/mol. The number of thioether (sulfide) groups is 1. The van der Waals surface area contributed by atoms with Crippen molar-refractivity contribution in [3.8, 4) is 5.75 Å². The third-order valence-electron chi connectivity index (χ3n) is 4.32. The van der Waals surface area contributed by atoms with E-state index in [-0.39, 0.29) is 23.5 Å². The smallest absolute Gasteiger partial charge is 0.422 e. The monoisotopic (exact) mass is 485 g/mol. The molecule has 0 saturated heterocycles. The van der Waals surface area contributed by atoms with Crippen molar-refractivity contribution in [2.75, 3.05) is 18.6 Å². The molecule has 33 heavy (non-hydrogen) atoms. The number of amides is 2. The Labute approximate surface area is 192 Å². The van der Waals surface area contributed by atoms with E-state index in [1.165, 1.54) is 48.2 Å². The molecule has 0 radical (unpaired) electrons. The SMILES string of the molecule is CSCCC(NC(=O)c1cccc([N+](=O)[O-])c1)C(=O)NCc1cccc(OCC(F)(F)F)c1. The number of carbonyl (C=O) groups excluding carboxylic acids is 2. The van der Waals surface area contributed by atoms with Gasteiger partial charge in [0.2, 0.25) is 5.91 Å². The maximum absolute atomic E-state index is 12.7. The summed E-state index contributed by atoms with van der Waals surface area (Å²) in [5.41, 5.74) is 0.303. The Morgan fingerprint density at radius 3 is 2.58 bits per heavy atom. The van der Waals surface area contributed by atoms with Crippen molar-refractivity contribution >= 4 is 29.3 Å². The number of hydrogen-bond acceptors (Lipinski definition) is 6. The fourth-order valence-corrected chi connectivity index (χ4v) is 3.20. The fourth-order valence-electron chi connectivity index (χ4n) is 2.73. The zero-order valence-electron chi connectivity index (χ0n) is 17.6. The predicted molar refractivity (Wildman–Crippen MR) is 117 cm³/mol. The Kier molecular flexibility index (Phi) is 9.52. The first kappa shape index (κ1) is 26.0. The van der Waals surface area contributed by atoms with Gasteiger partial charge < -0.3 is 15.4 Å². The van der Waals surface area contributed by atoms with Gasteiger partial charge in [-0.05, 0) is 42.2 Å². The highest BCUT2D eigenvalue weighted by atomic mass is 32.2. The molecule has 0 bridgehead atoms. The van der Waals surface area contributed by atoms with Gasteiger partial charge in [-0.25, -0.2) is 0 Å². The van der Waals surface area contributed by atoms with Crippen LogP contribution in [0.1, 0.15) is 22.3 Å². The normalized spacial score (nSPS) is 12.0. The molecule has 178 valence electrons. The highest BCUT2D eigenvalue weighted by molar-refractivity contribution is 7.98. The molecular formula is C21H22F3N3O5S. The Morgan fingerprint density at radius 1 is 1.18 bits per heavy atom. The third kappa shape index (κ3) is 9.00. The number of benzene rings is 2. The summed E-state index contributed by atoms with van der Waals surface area (Å²) in [5.74, 6) is -0.558. The van der Waals surface area contributed by atoms with Crippen molar-refractivity contribution in [1.82, 2.24) is 10.6 Å². The molecule has 0 heterocycles. The highest BCUT2D eigenvalue weighted by Gasteiger charge is 2.28. The predicted octanol–water partition coefficient (Wildman–Crippen LogP) is 3.70. The summed E-state index contributed by atoms with van der Waals surface area (Å²) >= 11 is 1.47. The molecule has 2 rings (SSSR count). The van der Waals surface area contributed by atoms with Gasteiger partial charge in [0.05, 0.1) is 4.92 Å². The molecule has 2 amide bonds. The Hall–Kier alpha value is -3.28. The molecule has 2 N–H and O–H groups in total. The van der Waals surface area contributed by atoms with E-state index in [9.17, 15) is 32.9 Å². The topological polar surface area (TPSA) is 111 Å². The van der Waals surface area contributed by atoms with Crippen molar-refractivity contribution in [2.45, 2.75) is 25.2 Å². The molecule has 0 aliphatic rings. The van der Waals surface area contributed by atoms with Crippen LogP contribution in [0.5, 0.6) is 5.75 Å². The second-order valence-corrected chi connectivity index (χ2v) is 7.87. The molecule has 0 aliphatic heterocycles. The van der Waals surface area contributed by atoms with Gasteiger partial charge >= 0.3 is 6.18 Å². The Bertz CT molecular complexity index is 988. The van der Waals surface area contributed by atoms with E-state index >= 15 is 0 Å². The summed E-state index contributed by atoms with van der Waals surface area (Å²) < 4.78 is 41.7. The van der Waals surface area contributed by atoms with Crippen LogP contribution in [0.3, 0.4) is 0 Å². The summed E-state index contributed by atoms with van der Waals surface area (Å²) in [5, 5.41) is 16.2. The number of nitro benzene ring substituents is 1. The van der Waals surface area contributed by atoms with Crippen molar-refractivity contribution in [1.29, 1.82) is 0 Å². The van der Waals surface area contributed by atoms with Gasteiger partial charge in [-0.15, -0.1) is 0 Å². The van der Waals surface area contributed by atoms with E-state index < -0.39 is 35.6 Å². The molecule has 1 atom stereocenters. The van der Waals surface area contributed by atoms with Gasteiger partial charge in [0.25, 0.3) is 11.6 Å². The average Bonchev–Trinajstić information content (AvgIpc) is 2.78. The van der Waals surface area contributed by atoms with Crippen LogP contribution in [0.4, 0.5) is 18.9 Å². The maximum atomic E-state index is 12.7. The van der Waals surface area contributed by atoms with E-state index in [0.717, 1.165) is 6.07 Å². The number of alkyl halides is 3. The molecule has 2 aromatic carbocycles. The van der Waals surface area contributed by atoms with Gasteiger partial charge in [0, 0.05) is 24.2 Å². The lowest BCUT2D eigenvalue weighted by Gasteiger charge is -2.18. The van der Waals surface area contributed by atoms with Crippen LogP contribution in [0.25, 0.3) is 0 Å². The number of non-ortho nitro benzene ring substituents is 1. The summed E-state index contributed by atoms with van der Waals surface area (Å²) in [6.07, 6.45) is -2.32. The maximum Gasteiger partial charge on any atom is 0.422 e.